The van der Waals surface area contributed by atoms with Crippen molar-refractivity contribution in [1.29, 1.82) is 0 Å². The van der Waals surface area contributed by atoms with Gasteiger partial charge in [-0.15, -0.1) is 0 Å². The van der Waals surface area contributed by atoms with Crippen molar-refractivity contribution in [3.63, 3.8) is 0 Å². The van der Waals surface area contributed by atoms with Crippen molar-refractivity contribution in [3.05, 3.63) is 22.1 Å². The Morgan fingerprint density at radius 2 is 2.27 bits per heavy atom. The molecule has 11 heavy (non-hydrogen) atoms. The normalized spacial score (nSPS) is 9.55. The summed E-state index contributed by atoms with van der Waals surface area (Å²) in [7, 11) is 0. The summed E-state index contributed by atoms with van der Waals surface area (Å²) >= 11 is 0. The molecule has 0 aliphatic carbocycles. The molecular formula is C6H5O5. The van der Waals surface area contributed by atoms with E-state index in [1.54, 1.807) is 0 Å². The van der Waals surface area contributed by atoms with Gasteiger partial charge in [-0.3, -0.25) is 0 Å². The first-order chi connectivity index (χ1) is 5.24. The fourth-order valence-electron chi connectivity index (χ4n) is 0.601. The van der Waals surface area contributed by atoms with Gasteiger partial charge in [0, 0.05) is 0 Å². The van der Waals surface area contributed by atoms with Crippen molar-refractivity contribution in [3.8, 4) is 0 Å². The Bertz CT molecular complexity index is 294. The Hall–Kier alpha value is -1.52. The Kier molecular flexibility index (Phi) is 2.10. The maximum absolute atomic E-state index is 10.4. The van der Waals surface area contributed by atoms with Gasteiger partial charge in [-0.2, -0.15) is 0 Å². The third kappa shape index (κ3) is 1.70. The molecule has 0 N–H and O–H groups in total. The number of hydrogen-bond acceptors (Lipinski definition) is 5. The van der Waals surface area contributed by atoms with Crippen LogP contribution in [-0.4, -0.2) is 6.47 Å². The molecule has 0 aromatic carbocycles. The van der Waals surface area contributed by atoms with Crippen molar-refractivity contribution in [2.75, 3.05) is 0 Å². The highest BCUT2D eigenvalue weighted by Crippen LogP contribution is 2.04. The summed E-state index contributed by atoms with van der Waals surface area (Å²) in [6.45, 7) is 2.61. The predicted octanol–water partition coefficient (Wildman–Crippen LogP) is 0.125. The van der Waals surface area contributed by atoms with Crippen molar-refractivity contribution in [2.24, 2.45) is 0 Å². The molecule has 0 aliphatic heterocycles. The summed E-state index contributed by atoms with van der Waals surface area (Å²) in [4.78, 5) is 20.0. The van der Waals surface area contributed by atoms with Crippen LogP contribution in [0.2, 0.25) is 0 Å². The average Bonchev–Trinajstić information content (AvgIpc) is 2.26. The molecule has 0 spiro atoms. The smallest absolute Gasteiger partial charge is 0.449 e. The molecule has 0 saturated heterocycles. The molecule has 0 atom stereocenters. The minimum Gasteiger partial charge on any atom is -0.449 e. The Balaban J connectivity index is 2.77. The molecule has 1 heterocycles. The lowest BCUT2D eigenvalue weighted by atomic mass is 10.4. The second kappa shape index (κ2) is 3.05. The zero-order valence-corrected chi connectivity index (χ0v) is 5.75. The van der Waals surface area contributed by atoms with Crippen LogP contribution in [0.3, 0.4) is 0 Å². The molecule has 0 unspecified atom stereocenters. The molecule has 5 nitrogen and oxygen atoms in total. The van der Waals surface area contributed by atoms with Crippen LogP contribution >= 0.6 is 0 Å². The molecule has 0 fully saturated rings. The van der Waals surface area contributed by atoms with E-state index >= 15 is 0 Å². The van der Waals surface area contributed by atoms with Gasteiger partial charge in [-0.05, 0) is 6.92 Å². The third-order valence-electron chi connectivity index (χ3n) is 1.10. The molecule has 59 valence electrons. The molecule has 1 radical (unpaired) electrons. The summed E-state index contributed by atoms with van der Waals surface area (Å²) in [5, 5.41) is 0. The fraction of sp³-hybridized carbons (Fsp3) is 0.333. The van der Waals surface area contributed by atoms with Crippen LogP contribution in [0.1, 0.15) is 11.5 Å². The molecule has 1 aromatic heterocycles. The van der Waals surface area contributed by atoms with E-state index in [1.165, 1.54) is 13.4 Å². The highest BCUT2D eigenvalue weighted by molar-refractivity contribution is 5.38. The van der Waals surface area contributed by atoms with E-state index in [2.05, 4.69) is 13.6 Å². The first kappa shape index (κ1) is 7.59. The monoisotopic (exact) mass is 157 g/mol. The van der Waals surface area contributed by atoms with E-state index in [-0.39, 0.29) is 12.4 Å². The zero-order valence-electron chi connectivity index (χ0n) is 5.75. The van der Waals surface area contributed by atoms with Gasteiger partial charge in [0.25, 0.3) is 0 Å². The first-order valence-electron chi connectivity index (χ1n) is 2.82. The summed E-state index contributed by atoms with van der Waals surface area (Å²) in [5.41, 5.74) is 0. The molecule has 0 amide bonds. The second-order valence-corrected chi connectivity index (χ2v) is 1.81. The van der Waals surface area contributed by atoms with Crippen LogP contribution in [-0.2, 0) is 16.1 Å². The number of ether oxygens (including phenoxy) is 1. The van der Waals surface area contributed by atoms with Gasteiger partial charge in [0.15, 0.2) is 18.1 Å². The Morgan fingerprint density at radius 1 is 1.55 bits per heavy atom. The topological polar surface area (TPSA) is 69.7 Å². The van der Waals surface area contributed by atoms with Gasteiger partial charge in [0.1, 0.15) is 0 Å². The SMILES string of the molecule is Cc1oc(=O)oc1CO[C]=O. The van der Waals surface area contributed by atoms with Crippen LogP contribution < -0.4 is 5.82 Å². The van der Waals surface area contributed by atoms with E-state index in [0.29, 0.717) is 5.76 Å². The van der Waals surface area contributed by atoms with Gasteiger partial charge in [-0.25, -0.2) is 9.59 Å². The standard InChI is InChI=1S/C6H5O5/c1-4-5(2-9-3-7)11-6(8)10-4/h2H2,1H3. The number of rotatable bonds is 3. The highest BCUT2D eigenvalue weighted by Gasteiger charge is 2.07. The molecule has 0 saturated carbocycles. The molecular weight excluding hydrogens is 152 g/mol. The molecule has 1 rings (SSSR count). The minimum atomic E-state index is -0.799. The van der Waals surface area contributed by atoms with Crippen molar-refractivity contribution >= 4 is 6.47 Å². The number of aryl methyl sites for hydroxylation is 1. The largest absolute Gasteiger partial charge is 0.519 e. The van der Waals surface area contributed by atoms with Crippen molar-refractivity contribution in [1.82, 2.24) is 0 Å². The van der Waals surface area contributed by atoms with E-state index in [1.807, 2.05) is 0 Å². The molecule has 5 heteroatoms. The van der Waals surface area contributed by atoms with Crippen LogP contribution in [0, 0.1) is 6.92 Å². The summed E-state index contributed by atoms with van der Waals surface area (Å²) < 4.78 is 13.2. The van der Waals surface area contributed by atoms with Gasteiger partial charge >= 0.3 is 12.3 Å². The van der Waals surface area contributed by atoms with Crippen LogP contribution in [0.15, 0.2) is 13.6 Å². The first-order valence-corrected chi connectivity index (χ1v) is 2.82. The zero-order chi connectivity index (χ0) is 8.27. The van der Waals surface area contributed by atoms with Crippen LogP contribution in [0.25, 0.3) is 0 Å². The van der Waals surface area contributed by atoms with Crippen LogP contribution in [0.5, 0.6) is 0 Å². The van der Waals surface area contributed by atoms with Crippen molar-refractivity contribution in [2.45, 2.75) is 13.5 Å². The Labute approximate surface area is 61.6 Å². The van der Waals surface area contributed by atoms with E-state index in [0.717, 1.165) is 0 Å². The summed E-state index contributed by atoms with van der Waals surface area (Å²) in [6, 6.07) is 0. The van der Waals surface area contributed by atoms with E-state index in [9.17, 15) is 9.59 Å². The van der Waals surface area contributed by atoms with Crippen LogP contribution in [0.4, 0.5) is 0 Å². The third-order valence-corrected chi connectivity index (χ3v) is 1.10. The minimum absolute atomic E-state index is 0.124. The fourth-order valence-corrected chi connectivity index (χ4v) is 0.601. The van der Waals surface area contributed by atoms with Gasteiger partial charge < -0.3 is 13.6 Å². The Morgan fingerprint density at radius 3 is 2.73 bits per heavy atom. The lowest BCUT2D eigenvalue weighted by Crippen LogP contribution is -1.90. The predicted molar refractivity (Wildman–Crippen MR) is 32.5 cm³/mol. The second-order valence-electron chi connectivity index (χ2n) is 1.81. The number of hydrogen-bond donors (Lipinski definition) is 0. The van der Waals surface area contributed by atoms with Crippen molar-refractivity contribution < 1.29 is 18.4 Å². The summed E-state index contributed by atoms with van der Waals surface area (Å²) in [6.07, 6.45) is 0. The molecule has 0 aliphatic rings. The lowest BCUT2D eigenvalue weighted by molar-refractivity contribution is 0.234. The van der Waals surface area contributed by atoms with Gasteiger partial charge in [0.05, 0.1) is 0 Å². The molecule has 0 bridgehead atoms. The molecule has 1 aromatic rings. The van der Waals surface area contributed by atoms with E-state index < -0.39 is 5.82 Å². The quantitative estimate of drug-likeness (QED) is 0.623. The maximum Gasteiger partial charge on any atom is 0.519 e. The number of carbonyl (C=O) groups excluding carboxylic acids is 1. The maximum atomic E-state index is 10.4. The van der Waals surface area contributed by atoms with E-state index in [4.69, 9.17) is 0 Å². The average molecular weight is 157 g/mol. The lowest BCUT2D eigenvalue weighted by Gasteiger charge is -1.89. The van der Waals surface area contributed by atoms with Gasteiger partial charge in [-0.1, -0.05) is 0 Å². The highest BCUT2D eigenvalue weighted by atomic mass is 16.6. The summed E-state index contributed by atoms with van der Waals surface area (Å²) in [5.74, 6) is -0.282. The van der Waals surface area contributed by atoms with Gasteiger partial charge in [0.2, 0.25) is 0 Å².